The molecule has 0 saturated heterocycles. The minimum atomic E-state index is -4.17. The number of benzene rings is 1. The van der Waals surface area contributed by atoms with Crippen LogP contribution in [0.1, 0.15) is 16.8 Å². The molecule has 0 atom stereocenters. The predicted octanol–water partition coefficient (Wildman–Crippen LogP) is 1.17. The Bertz CT molecular complexity index is 656. The van der Waals surface area contributed by atoms with E-state index in [1.165, 1.54) is 17.0 Å². The summed E-state index contributed by atoms with van der Waals surface area (Å²) in [5.41, 5.74) is -0.231. The zero-order valence-electron chi connectivity index (χ0n) is 11.4. The fourth-order valence-corrected chi connectivity index (χ4v) is 2.42. The molecule has 0 aliphatic heterocycles. The molecule has 0 saturated carbocycles. The first-order valence-corrected chi connectivity index (χ1v) is 8.09. The van der Waals surface area contributed by atoms with Crippen LogP contribution in [0.25, 0.3) is 0 Å². The Kier molecular flexibility index (Phi) is 5.56. The summed E-state index contributed by atoms with van der Waals surface area (Å²) in [6.45, 7) is -0.0527. The second-order valence-electron chi connectivity index (χ2n) is 4.29. The monoisotopic (exact) mass is 335 g/mol. The van der Waals surface area contributed by atoms with Crippen LogP contribution in [-0.2, 0) is 13.8 Å². The smallest absolute Gasteiger partial charge is 0.335 e. The number of hydrogen-bond acceptors (Lipinski definition) is 5. The van der Waals surface area contributed by atoms with Crippen molar-refractivity contribution >= 4 is 31.6 Å². The molecular weight excluding hydrogens is 322 g/mol. The summed E-state index contributed by atoms with van der Waals surface area (Å²) in [5.74, 6) is -1.57. The molecule has 21 heavy (non-hydrogen) atoms. The van der Waals surface area contributed by atoms with Crippen molar-refractivity contribution in [2.24, 2.45) is 0 Å². The Morgan fingerprint density at radius 1 is 1.33 bits per heavy atom. The van der Waals surface area contributed by atoms with E-state index in [-0.39, 0.29) is 30.2 Å². The maximum atomic E-state index is 11.5. The lowest BCUT2D eigenvalue weighted by atomic mass is 10.2. The van der Waals surface area contributed by atoms with Gasteiger partial charge in [0.2, 0.25) is 5.91 Å². The van der Waals surface area contributed by atoms with Crippen LogP contribution in [0, 0.1) is 0 Å². The summed E-state index contributed by atoms with van der Waals surface area (Å²) in [6.07, 6.45) is 0.0510. The van der Waals surface area contributed by atoms with Crippen LogP contribution in [0.2, 0.25) is 0 Å². The van der Waals surface area contributed by atoms with Crippen LogP contribution < -0.4 is 4.74 Å². The number of aromatic carboxylic acids is 1. The van der Waals surface area contributed by atoms with Gasteiger partial charge < -0.3 is 14.7 Å². The minimum Gasteiger partial charge on any atom is -0.492 e. The Morgan fingerprint density at radius 3 is 2.43 bits per heavy atom. The van der Waals surface area contributed by atoms with Crippen LogP contribution in [0.15, 0.2) is 23.1 Å². The summed E-state index contributed by atoms with van der Waals surface area (Å²) in [6, 6.07) is 3.30. The third-order valence-corrected chi connectivity index (χ3v) is 3.87. The first-order chi connectivity index (χ1) is 9.62. The van der Waals surface area contributed by atoms with Crippen LogP contribution in [0.3, 0.4) is 0 Å². The van der Waals surface area contributed by atoms with Gasteiger partial charge >= 0.3 is 5.97 Å². The molecule has 1 rings (SSSR count). The molecule has 116 valence electrons. The SMILES string of the molecule is CN(C)C(=O)CCOc1ccc(C(=O)O)cc1S(=O)(=O)Cl. The van der Waals surface area contributed by atoms with E-state index in [9.17, 15) is 18.0 Å². The van der Waals surface area contributed by atoms with E-state index in [2.05, 4.69) is 0 Å². The van der Waals surface area contributed by atoms with Gasteiger partial charge in [0, 0.05) is 24.8 Å². The molecule has 0 spiro atoms. The molecule has 0 unspecified atom stereocenters. The highest BCUT2D eigenvalue weighted by molar-refractivity contribution is 8.13. The number of carbonyl (C=O) groups is 2. The number of ether oxygens (including phenoxy) is 1. The fourth-order valence-electron chi connectivity index (χ4n) is 1.42. The van der Waals surface area contributed by atoms with Crippen molar-refractivity contribution in [2.45, 2.75) is 11.3 Å². The Balaban J connectivity index is 2.97. The standard InChI is InChI=1S/C12H14ClNO6S/c1-14(2)11(15)5-6-20-9-4-3-8(12(16)17)7-10(9)21(13,18)19/h3-4,7H,5-6H2,1-2H3,(H,16,17). The molecule has 0 radical (unpaired) electrons. The van der Waals surface area contributed by atoms with Crippen LogP contribution in [0.5, 0.6) is 5.75 Å². The average molecular weight is 336 g/mol. The lowest BCUT2D eigenvalue weighted by molar-refractivity contribution is -0.129. The summed E-state index contributed by atoms with van der Waals surface area (Å²) < 4.78 is 28.1. The zero-order chi connectivity index (χ0) is 16.2. The number of carboxylic acid groups (broad SMARTS) is 1. The molecule has 1 N–H and O–H groups in total. The highest BCUT2D eigenvalue weighted by Crippen LogP contribution is 2.28. The van der Waals surface area contributed by atoms with E-state index in [0.717, 1.165) is 6.07 Å². The number of carbonyl (C=O) groups excluding carboxylic acids is 1. The molecule has 0 aromatic heterocycles. The third kappa shape index (κ3) is 4.91. The van der Waals surface area contributed by atoms with E-state index in [1.807, 2.05) is 0 Å². The Labute approximate surface area is 126 Å². The molecule has 9 heteroatoms. The van der Waals surface area contributed by atoms with Gasteiger partial charge in [-0.25, -0.2) is 13.2 Å². The number of nitrogens with zero attached hydrogens (tertiary/aromatic N) is 1. The number of hydrogen-bond donors (Lipinski definition) is 1. The van der Waals surface area contributed by atoms with Gasteiger partial charge in [-0.15, -0.1) is 0 Å². The molecule has 0 bridgehead atoms. The van der Waals surface area contributed by atoms with Gasteiger partial charge in [-0.05, 0) is 18.2 Å². The maximum Gasteiger partial charge on any atom is 0.335 e. The van der Waals surface area contributed by atoms with Gasteiger partial charge in [-0.1, -0.05) is 0 Å². The topological polar surface area (TPSA) is 101 Å². The molecule has 7 nitrogen and oxygen atoms in total. The molecule has 1 amide bonds. The Morgan fingerprint density at radius 2 is 1.95 bits per heavy atom. The maximum absolute atomic E-state index is 11.5. The molecule has 0 aliphatic rings. The number of carboxylic acids is 1. The summed E-state index contributed by atoms with van der Waals surface area (Å²) >= 11 is 0. The van der Waals surface area contributed by atoms with Crippen molar-refractivity contribution in [1.82, 2.24) is 4.90 Å². The highest BCUT2D eigenvalue weighted by atomic mass is 35.7. The van der Waals surface area contributed by atoms with Gasteiger partial charge in [0.15, 0.2) is 0 Å². The molecular formula is C12H14ClNO6S. The van der Waals surface area contributed by atoms with E-state index < -0.39 is 19.9 Å². The van der Waals surface area contributed by atoms with Crippen molar-refractivity contribution < 1.29 is 27.9 Å². The van der Waals surface area contributed by atoms with Crippen LogP contribution in [0.4, 0.5) is 0 Å². The normalized spacial score (nSPS) is 11.0. The summed E-state index contributed by atoms with van der Waals surface area (Å²) in [7, 11) is 4.25. The number of amides is 1. The number of halogens is 1. The molecule has 0 aliphatic carbocycles. The van der Waals surface area contributed by atoms with E-state index in [1.54, 1.807) is 14.1 Å². The van der Waals surface area contributed by atoms with Crippen molar-refractivity contribution in [3.8, 4) is 5.75 Å². The van der Waals surface area contributed by atoms with E-state index in [0.29, 0.717) is 0 Å². The number of rotatable bonds is 6. The minimum absolute atomic E-state index is 0.0510. The Hall–Kier alpha value is -1.80. The lowest BCUT2D eigenvalue weighted by Crippen LogP contribution is -2.23. The van der Waals surface area contributed by atoms with Gasteiger partial charge in [0.05, 0.1) is 18.6 Å². The molecule has 0 heterocycles. The first kappa shape index (κ1) is 17.3. The third-order valence-electron chi connectivity index (χ3n) is 2.53. The highest BCUT2D eigenvalue weighted by Gasteiger charge is 2.20. The second-order valence-corrected chi connectivity index (χ2v) is 6.83. The second kappa shape index (κ2) is 6.77. The predicted molar refractivity (Wildman–Crippen MR) is 75.2 cm³/mol. The van der Waals surface area contributed by atoms with Gasteiger partial charge in [0.25, 0.3) is 9.05 Å². The van der Waals surface area contributed by atoms with E-state index >= 15 is 0 Å². The molecule has 1 aromatic rings. The average Bonchev–Trinajstić information content (AvgIpc) is 2.37. The van der Waals surface area contributed by atoms with Gasteiger partial charge in [0.1, 0.15) is 10.6 Å². The summed E-state index contributed by atoms with van der Waals surface area (Å²) in [5, 5.41) is 8.85. The van der Waals surface area contributed by atoms with Crippen molar-refractivity contribution in [3.05, 3.63) is 23.8 Å². The van der Waals surface area contributed by atoms with Gasteiger partial charge in [-0.3, -0.25) is 4.79 Å². The zero-order valence-corrected chi connectivity index (χ0v) is 12.9. The molecule has 1 aromatic carbocycles. The van der Waals surface area contributed by atoms with Crippen LogP contribution >= 0.6 is 10.7 Å². The van der Waals surface area contributed by atoms with E-state index in [4.69, 9.17) is 20.5 Å². The fraction of sp³-hybridized carbons (Fsp3) is 0.333. The van der Waals surface area contributed by atoms with Crippen LogP contribution in [-0.4, -0.2) is 51.0 Å². The quantitative estimate of drug-likeness (QED) is 0.783. The summed E-state index contributed by atoms with van der Waals surface area (Å²) in [4.78, 5) is 23.2. The van der Waals surface area contributed by atoms with Crippen molar-refractivity contribution in [1.29, 1.82) is 0 Å². The van der Waals surface area contributed by atoms with Crippen molar-refractivity contribution in [2.75, 3.05) is 20.7 Å². The van der Waals surface area contributed by atoms with Crippen molar-refractivity contribution in [3.63, 3.8) is 0 Å². The molecule has 0 fully saturated rings. The lowest BCUT2D eigenvalue weighted by Gasteiger charge is -2.12. The van der Waals surface area contributed by atoms with Gasteiger partial charge in [-0.2, -0.15) is 0 Å². The first-order valence-electron chi connectivity index (χ1n) is 5.78. The largest absolute Gasteiger partial charge is 0.492 e.